The number of rotatable bonds is 6. The van der Waals surface area contributed by atoms with E-state index in [1.165, 1.54) is 19.1 Å². The first-order valence-electron chi connectivity index (χ1n) is 7.27. The van der Waals surface area contributed by atoms with Crippen molar-refractivity contribution in [2.75, 3.05) is 5.32 Å². The van der Waals surface area contributed by atoms with Crippen molar-refractivity contribution in [3.8, 4) is 0 Å². The molecule has 1 rings (SSSR count). The van der Waals surface area contributed by atoms with E-state index in [0.717, 1.165) is 6.07 Å². The lowest BCUT2D eigenvalue weighted by Gasteiger charge is -2.26. The fourth-order valence-electron chi connectivity index (χ4n) is 2.46. The van der Waals surface area contributed by atoms with Gasteiger partial charge in [0.15, 0.2) is 0 Å². The van der Waals surface area contributed by atoms with Crippen LogP contribution in [0.2, 0.25) is 0 Å². The molecular formula is C16H20F3NO3. The molecular weight excluding hydrogens is 311 g/mol. The molecule has 0 radical (unpaired) electrons. The van der Waals surface area contributed by atoms with E-state index >= 15 is 0 Å². The summed E-state index contributed by atoms with van der Waals surface area (Å²) >= 11 is 0. The van der Waals surface area contributed by atoms with Crippen LogP contribution in [0.5, 0.6) is 0 Å². The summed E-state index contributed by atoms with van der Waals surface area (Å²) in [5.41, 5.74) is -2.09. The van der Waals surface area contributed by atoms with Gasteiger partial charge in [0.25, 0.3) is 0 Å². The maximum atomic E-state index is 12.9. The molecule has 0 saturated carbocycles. The average molecular weight is 331 g/mol. The number of halogens is 3. The van der Waals surface area contributed by atoms with Gasteiger partial charge in [-0.05, 0) is 37.5 Å². The van der Waals surface area contributed by atoms with Gasteiger partial charge < -0.3 is 10.4 Å². The molecule has 4 nitrogen and oxygen atoms in total. The Morgan fingerprint density at radius 3 is 2.17 bits per heavy atom. The van der Waals surface area contributed by atoms with Crippen molar-refractivity contribution in [3.05, 3.63) is 29.3 Å². The Bertz CT molecular complexity index is 593. The van der Waals surface area contributed by atoms with Crippen LogP contribution in [0.25, 0.3) is 0 Å². The van der Waals surface area contributed by atoms with Gasteiger partial charge in [-0.25, -0.2) is 0 Å². The Morgan fingerprint density at radius 2 is 1.74 bits per heavy atom. The summed E-state index contributed by atoms with van der Waals surface area (Å²) < 4.78 is 38.6. The average Bonchev–Trinajstić information content (AvgIpc) is 2.45. The highest BCUT2D eigenvalue weighted by atomic mass is 19.4. The third-order valence-electron chi connectivity index (χ3n) is 4.22. The number of carbonyl (C=O) groups is 2. The molecule has 128 valence electrons. The molecule has 0 heterocycles. The number of benzene rings is 1. The molecule has 0 aliphatic carbocycles. The van der Waals surface area contributed by atoms with E-state index < -0.39 is 29.0 Å². The second kappa shape index (κ2) is 7.02. The fraction of sp³-hybridized carbons (Fsp3) is 0.500. The van der Waals surface area contributed by atoms with Crippen LogP contribution in [0, 0.1) is 12.3 Å². The van der Waals surface area contributed by atoms with Crippen LogP contribution >= 0.6 is 0 Å². The first-order chi connectivity index (χ1) is 10.6. The zero-order valence-corrected chi connectivity index (χ0v) is 13.3. The van der Waals surface area contributed by atoms with E-state index in [1.807, 2.05) is 0 Å². The highest BCUT2D eigenvalue weighted by molar-refractivity contribution is 5.95. The summed E-state index contributed by atoms with van der Waals surface area (Å²) in [5, 5.41) is 11.7. The highest BCUT2D eigenvalue weighted by Crippen LogP contribution is 2.35. The minimum absolute atomic E-state index is 0.0383. The Hall–Kier alpha value is -2.05. The number of aliphatic carboxylic acids is 1. The van der Waals surface area contributed by atoms with E-state index in [-0.39, 0.29) is 30.5 Å². The van der Waals surface area contributed by atoms with Crippen LogP contribution in [-0.2, 0) is 15.8 Å². The van der Waals surface area contributed by atoms with Crippen LogP contribution in [0.3, 0.4) is 0 Å². The lowest BCUT2D eigenvalue weighted by molar-refractivity contribution is -0.151. The normalized spacial score (nSPS) is 12.1. The predicted octanol–water partition coefficient (Wildman–Crippen LogP) is 4.23. The molecule has 0 saturated heterocycles. The number of carbonyl (C=O) groups excluding carboxylic acids is 1. The summed E-state index contributed by atoms with van der Waals surface area (Å²) in [4.78, 5) is 23.5. The zero-order valence-electron chi connectivity index (χ0n) is 13.3. The summed E-state index contributed by atoms with van der Waals surface area (Å²) in [6.45, 7) is 4.60. The van der Waals surface area contributed by atoms with Gasteiger partial charge in [0, 0.05) is 12.1 Å². The minimum atomic E-state index is -4.51. The molecule has 0 bridgehead atoms. The van der Waals surface area contributed by atoms with E-state index in [4.69, 9.17) is 0 Å². The fourth-order valence-corrected chi connectivity index (χ4v) is 2.46. The first-order valence-corrected chi connectivity index (χ1v) is 7.27. The van der Waals surface area contributed by atoms with Crippen molar-refractivity contribution in [2.24, 2.45) is 5.41 Å². The van der Waals surface area contributed by atoms with Crippen molar-refractivity contribution in [1.82, 2.24) is 0 Å². The number of anilines is 1. The van der Waals surface area contributed by atoms with Crippen LogP contribution in [0.4, 0.5) is 18.9 Å². The van der Waals surface area contributed by atoms with Gasteiger partial charge in [0.2, 0.25) is 5.91 Å². The summed E-state index contributed by atoms with van der Waals surface area (Å²) in [6.07, 6.45) is -4.28. The second-order valence-electron chi connectivity index (χ2n) is 5.49. The molecule has 1 amide bonds. The van der Waals surface area contributed by atoms with Crippen molar-refractivity contribution in [3.63, 3.8) is 0 Å². The van der Waals surface area contributed by atoms with Crippen molar-refractivity contribution in [2.45, 2.75) is 46.2 Å². The van der Waals surface area contributed by atoms with Crippen LogP contribution in [0.1, 0.15) is 44.2 Å². The molecule has 0 aliphatic heterocycles. The maximum Gasteiger partial charge on any atom is 0.416 e. The zero-order chi connectivity index (χ0) is 17.8. The molecule has 0 fully saturated rings. The quantitative estimate of drug-likeness (QED) is 0.819. The minimum Gasteiger partial charge on any atom is -0.481 e. The molecule has 0 aliphatic rings. The van der Waals surface area contributed by atoms with E-state index in [0.29, 0.717) is 0 Å². The monoisotopic (exact) mass is 331 g/mol. The van der Waals surface area contributed by atoms with Gasteiger partial charge in [0.05, 0.1) is 11.0 Å². The third-order valence-corrected chi connectivity index (χ3v) is 4.22. The Morgan fingerprint density at radius 1 is 1.17 bits per heavy atom. The van der Waals surface area contributed by atoms with Crippen LogP contribution < -0.4 is 5.32 Å². The standard InChI is InChI=1S/C16H20F3NO3/c1-4-15(5-2,14(22)23)9-13(21)20-12-8-6-7-11(10(12)3)16(17,18)19/h6-8H,4-5,9H2,1-3H3,(H,20,21)(H,22,23). The molecule has 1 aromatic carbocycles. The van der Waals surface area contributed by atoms with Gasteiger partial charge in [-0.2, -0.15) is 13.2 Å². The molecule has 0 aromatic heterocycles. The number of alkyl halides is 3. The van der Waals surface area contributed by atoms with E-state index in [9.17, 15) is 27.9 Å². The lowest BCUT2D eigenvalue weighted by atomic mass is 9.79. The molecule has 23 heavy (non-hydrogen) atoms. The Kier molecular flexibility index (Phi) is 5.80. The molecule has 2 N–H and O–H groups in total. The molecule has 0 atom stereocenters. The second-order valence-corrected chi connectivity index (χ2v) is 5.49. The maximum absolute atomic E-state index is 12.9. The van der Waals surface area contributed by atoms with Crippen molar-refractivity contribution >= 4 is 17.6 Å². The predicted molar refractivity (Wildman–Crippen MR) is 80.1 cm³/mol. The van der Waals surface area contributed by atoms with Gasteiger partial charge in [-0.15, -0.1) is 0 Å². The number of carboxylic acids is 1. The molecule has 0 unspecified atom stereocenters. The summed E-state index contributed by atoms with van der Waals surface area (Å²) in [5.74, 6) is -1.70. The number of amides is 1. The van der Waals surface area contributed by atoms with Gasteiger partial charge in [-0.1, -0.05) is 19.9 Å². The van der Waals surface area contributed by atoms with Gasteiger partial charge in [0.1, 0.15) is 0 Å². The molecule has 1 aromatic rings. The van der Waals surface area contributed by atoms with Crippen molar-refractivity contribution in [1.29, 1.82) is 0 Å². The first kappa shape index (κ1) is 19.0. The van der Waals surface area contributed by atoms with E-state index in [1.54, 1.807) is 13.8 Å². The highest BCUT2D eigenvalue weighted by Gasteiger charge is 2.37. The number of hydrogen-bond acceptors (Lipinski definition) is 2. The summed E-state index contributed by atoms with van der Waals surface area (Å²) in [6, 6.07) is 3.50. The van der Waals surface area contributed by atoms with Crippen molar-refractivity contribution < 1.29 is 27.9 Å². The lowest BCUT2D eigenvalue weighted by Crippen LogP contribution is -2.34. The smallest absolute Gasteiger partial charge is 0.416 e. The number of hydrogen-bond donors (Lipinski definition) is 2. The van der Waals surface area contributed by atoms with Crippen LogP contribution in [0.15, 0.2) is 18.2 Å². The Balaban J connectivity index is 3.01. The SMILES string of the molecule is CCC(CC)(CC(=O)Nc1cccc(C(F)(F)F)c1C)C(=O)O. The Labute approximate surface area is 132 Å². The third kappa shape index (κ3) is 4.24. The number of nitrogens with one attached hydrogen (secondary N) is 1. The molecule has 0 spiro atoms. The largest absolute Gasteiger partial charge is 0.481 e. The molecule has 7 heteroatoms. The number of carboxylic acid groups (broad SMARTS) is 1. The topological polar surface area (TPSA) is 66.4 Å². The van der Waals surface area contributed by atoms with E-state index in [2.05, 4.69) is 5.32 Å². The van der Waals surface area contributed by atoms with Gasteiger partial charge >= 0.3 is 12.1 Å². The van der Waals surface area contributed by atoms with Gasteiger partial charge in [-0.3, -0.25) is 9.59 Å². The summed E-state index contributed by atoms with van der Waals surface area (Å²) in [7, 11) is 0. The van der Waals surface area contributed by atoms with Crippen LogP contribution in [-0.4, -0.2) is 17.0 Å².